The van der Waals surface area contributed by atoms with Crippen molar-refractivity contribution in [2.45, 2.75) is 57.0 Å². The van der Waals surface area contributed by atoms with Crippen LogP contribution in [0, 0.1) is 5.92 Å². The number of amides is 2. The fourth-order valence-corrected chi connectivity index (χ4v) is 5.61. The molecule has 2 aliphatic heterocycles. The second-order valence-corrected chi connectivity index (χ2v) is 9.02. The van der Waals surface area contributed by atoms with Gasteiger partial charge in [0, 0.05) is 25.0 Å². The molecule has 8 nitrogen and oxygen atoms in total. The molecule has 1 aliphatic carbocycles. The predicted octanol–water partition coefficient (Wildman–Crippen LogP) is 2.60. The van der Waals surface area contributed by atoms with Crippen molar-refractivity contribution in [2.24, 2.45) is 5.92 Å². The number of halogens is 3. The highest BCUT2D eigenvalue weighted by Crippen LogP contribution is 2.43. The van der Waals surface area contributed by atoms with Crippen molar-refractivity contribution < 1.29 is 27.5 Å². The van der Waals surface area contributed by atoms with E-state index in [1.807, 2.05) is 4.90 Å². The highest BCUT2D eigenvalue weighted by molar-refractivity contribution is 5.99. The lowest BCUT2D eigenvalue weighted by Gasteiger charge is -2.45. The first-order valence-corrected chi connectivity index (χ1v) is 11.1. The smallest absolute Gasteiger partial charge is 0.418 e. The first-order chi connectivity index (χ1) is 16.2. The van der Waals surface area contributed by atoms with E-state index < -0.39 is 29.6 Å². The number of ether oxygens (including phenoxy) is 1. The first kappa shape index (κ1) is 22.4. The van der Waals surface area contributed by atoms with Crippen molar-refractivity contribution >= 4 is 11.8 Å². The third kappa shape index (κ3) is 3.63. The molecular weight excluding hydrogens is 453 g/mol. The van der Waals surface area contributed by atoms with E-state index in [1.54, 1.807) is 4.57 Å². The summed E-state index contributed by atoms with van der Waals surface area (Å²) in [5.74, 6) is -0.822. The number of carbonyl (C=O) groups excluding carboxylic acids is 2. The van der Waals surface area contributed by atoms with Crippen molar-refractivity contribution in [3.63, 3.8) is 0 Å². The number of methoxy groups -OCH3 is 1. The summed E-state index contributed by atoms with van der Waals surface area (Å²) >= 11 is 0. The molecule has 2 amide bonds. The molecule has 0 radical (unpaired) electrons. The fourth-order valence-electron chi connectivity index (χ4n) is 5.61. The number of pyridine rings is 2. The van der Waals surface area contributed by atoms with Crippen molar-refractivity contribution in [1.29, 1.82) is 0 Å². The molecule has 180 valence electrons. The van der Waals surface area contributed by atoms with Gasteiger partial charge in [0.2, 0.25) is 5.43 Å². The number of alkyl halides is 3. The third-order valence-corrected chi connectivity index (χ3v) is 7.05. The van der Waals surface area contributed by atoms with Gasteiger partial charge in [-0.1, -0.05) is 0 Å². The number of hydrogen-bond donors (Lipinski definition) is 1. The maximum absolute atomic E-state index is 13.4. The Labute approximate surface area is 192 Å². The SMILES string of the molecule is COc1c2n(cc(C(=O)NCc3ncccc3C(F)(F)F)c1=O)C[C@@H]1C[C@H]3CC[C@H](C3)N1C2=O. The van der Waals surface area contributed by atoms with Gasteiger partial charge in [-0.3, -0.25) is 19.4 Å². The molecule has 2 aromatic rings. The van der Waals surface area contributed by atoms with Crippen LogP contribution in [0.1, 0.15) is 57.8 Å². The Balaban J connectivity index is 1.46. The van der Waals surface area contributed by atoms with Crippen LogP contribution in [0.4, 0.5) is 13.2 Å². The number of rotatable bonds is 4. The predicted molar refractivity (Wildman–Crippen MR) is 113 cm³/mol. The van der Waals surface area contributed by atoms with Gasteiger partial charge < -0.3 is 19.5 Å². The Morgan fingerprint density at radius 3 is 2.74 bits per heavy atom. The van der Waals surface area contributed by atoms with E-state index >= 15 is 0 Å². The number of nitrogens with one attached hydrogen (secondary N) is 1. The van der Waals surface area contributed by atoms with Crippen LogP contribution in [0.15, 0.2) is 29.3 Å². The first-order valence-electron chi connectivity index (χ1n) is 11.1. The van der Waals surface area contributed by atoms with E-state index in [9.17, 15) is 27.6 Å². The Morgan fingerprint density at radius 1 is 1.24 bits per heavy atom. The quantitative estimate of drug-likeness (QED) is 0.732. The minimum absolute atomic E-state index is 0.0303. The monoisotopic (exact) mass is 476 g/mol. The van der Waals surface area contributed by atoms with Crippen LogP contribution in [0.3, 0.4) is 0 Å². The number of hydrogen-bond acceptors (Lipinski definition) is 5. The second-order valence-electron chi connectivity index (χ2n) is 9.02. The van der Waals surface area contributed by atoms with E-state index in [0.29, 0.717) is 12.5 Å². The van der Waals surface area contributed by atoms with Gasteiger partial charge in [0.1, 0.15) is 5.56 Å². The zero-order valence-corrected chi connectivity index (χ0v) is 18.4. The van der Waals surface area contributed by atoms with Gasteiger partial charge in [-0.15, -0.1) is 0 Å². The van der Waals surface area contributed by atoms with Gasteiger partial charge in [-0.25, -0.2) is 0 Å². The molecule has 2 aromatic heterocycles. The zero-order chi connectivity index (χ0) is 24.2. The number of carbonyl (C=O) groups is 2. The molecule has 0 spiro atoms. The van der Waals surface area contributed by atoms with Crippen molar-refractivity contribution in [1.82, 2.24) is 19.8 Å². The van der Waals surface area contributed by atoms with Gasteiger partial charge in [-0.2, -0.15) is 13.2 Å². The molecule has 34 heavy (non-hydrogen) atoms. The van der Waals surface area contributed by atoms with Gasteiger partial charge in [0.15, 0.2) is 11.4 Å². The molecule has 3 atom stereocenters. The summed E-state index contributed by atoms with van der Waals surface area (Å²) in [4.78, 5) is 44.8. The second kappa shape index (κ2) is 8.14. The summed E-state index contributed by atoms with van der Waals surface area (Å²) in [5.41, 5.74) is -2.30. The van der Waals surface area contributed by atoms with Gasteiger partial charge >= 0.3 is 6.18 Å². The molecule has 1 saturated carbocycles. The molecule has 5 rings (SSSR count). The van der Waals surface area contributed by atoms with Crippen LogP contribution in [0.5, 0.6) is 5.75 Å². The Bertz CT molecular complexity index is 1230. The van der Waals surface area contributed by atoms with Crippen LogP contribution in [-0.4, -0.2) is 45.5 Å². The van der Waals surface area contributed by atoms with Crippen LogP contribution < -0.4 is 15.5 Å². The average Bonchev–Trinajstić information content (AvgIpc) is 3.17. The molecule has 2 bridgehead atoms. The van der Waals surface area contributed by atoms with E-state index in [1.165, 1.54) is 19.5 Å². The van der Waals surface area contributed by atoms with Crippen molar-refractivity contribution in [3.05, 3.63) is 57.3 Å². The van der Waals surface area contributed by atoms with E-state index in [-0.39, 0.29) is 40.7 Å². The molecule has 0 aromatic carbocycles. The number of nitrogens with zero attached hydrogens (tertiary/aromatic N) is 3. The van der Waals surface area contributed by atoms with Crippen molar-refractivity contribution in [3.8, 4) is 5.75 Å². The van der Waals surface area contributed by atoms with E-state index in [0.717, 1.165) is 37.8 Å². The molecule has 0 unspecified atom stereocenters. The Kier molecular flexibility index (Phi) is 5.37. The number of aromatic nitrogens is 2. The van der Waals surface area contributed by atoms with E-state index in [4.69, 9.17) is 4.74 Å². The molecule has 3 aliphatic rings. The average molecular weight is 476 g/mol. The Morgan fingerprint density at radius 2 is 2.00 bits per heavy atom. The molecule has 2 fully saturated rings. The summed E-state index contributed by atoms with van der Waals surface area (Å²) in [7, 11) is 1.25. The maximum Gasteiger partial charge on any atom is 0.418 e. The largest absolute Gasteiger partial charge is 0.491 e. The summed E-state index contributed by atoms with van der Waals surface area (Å²) in [6, 6.07) is 2.15. The summed E-state index contributed by atoms with van der Waals surface area (Å²) in [6.45, 7) is -0.0971. The lowest BCUT2D eigenvalue weighted by atomic mass is 9.90. The van der Waals surface area contributed by atoms with Crippen LogP contribution in [0.2, 0.25) is 0 Å². The van der Waals surface area contributed by atoms with Crippen molar-refractivity contribution in [2.75, 3.05) is 7.11 Å². The molecule has 1 N–H and O–H groups in total. The van der Waals surface area contributed by atoms with Gasteiger partial charge in [-0.05, 0) is 43.7 Å². The lowest BCUT2D eigenvalue weighted by molar-refractivity contribution is -0.138. The summed E-state index contributed by atoms with van der Waals surface area (Å²) < 4.78 is 46.5. The molecular formula is C23H23F3N4O4. The minimum Gasteiger partial charge on any atom is -0.491 e. The third-order valence-electron chi connectivity index (χ3n) is 7.05. The molecule has 11 heteroatoms. The van der Waals surface area contributed by atoms with Gasteiger partial charge in [0.25, 0.3) is 11.8 Å². The number of fused-ring (bicyclic) bond motifs is 5. The highest BCUT2D eigenvalue weighted by atomic mass is 19.4. The maximum atomic E-state index is 13.4. The highest BCUT2D eigenvalue weighted by Gasteiger charge is 2.47. The van der Waals surface area contributed by atoms with Crippen LogP contribution in [-0.2, 0) is 19.3 Å². The topological polar surface area (TPSA) is 93.5 Å². The normalized spacial score (nSPS) is 23.4. The standard InChI is InChI=1S/C23H23F3N4O4/c1-34-20-18-22(33)30-13-5-4-12(7-13)8-14(30)10-29(18)11-15(19(20)31)21(32)28-9-17-16(23(24,25)26)3-2-6-27-17/h2-3,6,11-14H,4-5,7-10H2,1H3,(H,28,32)/t12-,13+,14-/m0/s1. The van der Waals surface area contributed by atoms with Crippen LogP contribution >= 0.6 is 0 Å². The van der Waals surface area contributed by atoms with Crippen LogP contribution in [0.25, 0.3) is 0 Å². The molecule has 1 saturated heterocycles. The Hall–Kier alpha value is -3.37. The minimum atomic E-state index is -4.63. The zero-order valence-electron chi connectivity index (χ0n) is 18.4. The lowest BCUT2D eigenvalue weighted by Crippen LogP contribution is -2.55. The summed E-state index contributed by atoms with van der Waals surface area (Å²) in [5, 5.41) is 2.35. The molecule has 4 heterocycles. The summed E-state index contributed by atoms with van der Waals surface area (Å²) in [6.07, 6.45) is 1.70. The van der Waals surface area contributed by atoms with E-state index in [2.05, 4.69) is 10.3 Å². The fraction of sp³-hybridized carbons (Fsp3) is 0.478. The van der Waals surface area contributed by atoms with Gasteiger partial charge in [0.05, 0.1) is 31.0 Å². The number of piperidine rings is 1.